The van der Waals surface area contributed by atoms with E-state index in [1.807, 2.05) is 0 Å². The first-order valence-corrected chi connectivity index (χ1v) is 9.36. The summed E-state index contributed by atoms with van der Waals surface area (Å²) in [5, 5.41) is 11.3. The maximum atomic E-state index is 12.2. The lowest BCUT2D eigenvalue weighted by Crippen LogP contribution is -2.27. The van der Waals surface area contributed by atoms with Crippen molar-refractivity contribution in [3.8, 4) is 0 Å². The molecule has 7 nitrogen and oxygen atoms in total. The number of nitrogens with one attached hydrogen (secondary N) is 2. The van der Waals surface area contributed by atoms with Crippen molar-refractivity contribution in [1.29, 1.82) is 0 Å². The van der Waals surface area contributed by atoms with Gasteiger partial charge >= 0.3 is 5.97 Å². The van der Waals surface area contributed by atoms with Crippen molar-refractivity contribution in [2.75, 3.05) is 13.1 Å². The number of carbonyl (C=O) groups is 2. The summed E-state index contributed by atoms with van der Waals surface area (Å²) < 4.78 is 26.4. The Morgan fingerprint density at radius 2 is 1.88 bits per heavy atom. The summed E-state index contributed by atoms with van der Waals surface area (Å²) in [6.45, 7) is 4.12. The summed E-state index contributed by atoms with van der Waals surface area (Å²) in [4.78, 5) is 22.7. The zero-order valence-corrected chi connectivity index (χ0v) is 14.8. The number of sulfonamides is 1. The quantitative estimate of drug-likeness (QED) is 0.552. The number of carboxylic acids is 1. The fraction of sp³-hybridized carbons (Fsp3) is 0.500. The first kappa shape index (κ1) is 20.1. The molecule has 0 aliphatic heterocycles. The van der Waals surface area contributed by atoms with Gasteiger partial charge in [0.1, 0.15) is 0 Å². The summed E-state index contributed by atoms with van der Waals surface area (Å²) in [6.07, 6.45) is 2.08. The van der Waals surface area contributed by atoms with E-state index >= 15 is 0 Å². The fourth-order valence-corrected chi connectivity index (χ4v) is 3.23. The van der Waals surface area contributed by atoms with Gasteiger partial charge in [0.15, 0.2) is 0 Å². The van der Waals surface area contributed by atoms with Gasteiger partial charge in [-0.15, -0.1) is 0 Å². The number of hydrogen-bond acceptors (Lipinski definition) is 4. The number of amides is 1. The molecule has 0 aliphatic carbocycles. The topological polar surface area (TPSA) is 113 Å². The third kappa shape index (κ3) is 6.29. The Morgan fingerprint density at radius 1 is 1.17 bits per heavy atom. The third-order valence-corrected chi connectivity index (χ3v) is 4.99. The van der Waals surface area contributed by atoms with E-state index in [1.165, 1.54) is 12.1 Å². The van der Waals surface area contributed by atoms with Gasteiger partial charge in [-0.3, -0.25) is 9.59 Å². The number of aryl methyl sites for hydroxylation is 1. The van der Waals surface area contributed by atoms with Crippen LogP contribution in [0.5, 0.6) is 0 Å². The van der Waals surface area contributed by atoms with Crippen LogP contribution in [0.15, 0.2) is 23.1 Å². The SMILES string of the molecule is CCNS(=O)(=O)c1ccc(C)c(C(=O)NCCCCCC(=O)O)c1. The number of rotatable bonds is 10. The molecule has 3 N–H and O–H groups in total. The lowest BCUT2D eigenvalue weighted by molar-refractivity contribution is -0.137. The van der Waals surface area contributed by atoms with Crippen molar-refractivity contribution in [3.63, 3.8) is 0 Å². The zero-order chi connectivity index (χ0) is 18.2. The number of carbonyl (C=O) groups excluding carboxylic acids is 1. The van der Waals surface area contributed by atoms with E-state index in [0.29, 0.717) is 36.9 Å². The maximum Gasteiger partial charge on any atom is 0.303 e. The van der Waals surface area contributed by atoms with Crippen LogP contribution < -0.4 is 10.0 Å². The number of aliphatic carboxylic acids is 1. The number of hydrogen-bond donors (Lipinski definition) is 3. The van der Waals surface area contributed by atoms with Crippen LogP contribution >= 0.6 is 0 Å². The van der Waals surface area contributed by atoms with Crippen molar-refractivity contribution in [2.45, 2.75) is 44.4 Å². The van der Waals surface area contributed by atoms with Crippen LogP contribution in [0.1, 0.15) is 48.5 Å². The number of unbranched alkanes of at least 4 members (excludes halogenated alkanes) is 2. The highest BCUT2D eigenvalue weighted by Gasteiger charge is 2.17. The molecule has 1 aromatic rings. The van der Waals surface area contributed by atoms with Gasteiger partial charge in [-0.2, -0.15) is 0 Å². The van der Waals surface area contributed by atoms with Crippen LogP contribution in [0.2, 0.25) is 0 Å². The van der Waals surface area contributed by atoms with Crippen LogP contribution in [0.4, 0.5) is 0 Å². The van der Waals surface area contributed by atoms with Gasteiger partial charge in [0.05, 0.1) is 4.90 Å². The maximum absolute atomic E-state index is 12.2. The molecule has 0 atom stereocenters. The average molecular weight is 356 g/mol. The normalized spacial score (nSPS) is 11.2. The molecule has 0 unspecified atom stereocenters. The summed E-state index contributed by atoms with van der Waals surface area (Å²) in [6, 6.07) is 4.44. The molecule has 8 heteroatoms. The second-order valence-electron chi connectivity index (χ2n) is 5.44. The van der Waals surface area contributed by atoms with Crippen molar-refractivity contribution < 1.29 is 23.1 Å². The van der Waals surface area contributed by atoms with E-state index < -0.39 is 16.0 Å². The fourth-order valence-electron chi connectivity index (χ4n) is 2.16. The lowest BCUT2D eigenvalue weighted by Gasteiger charge is -2.10. The van der Waals surface area contributed by atoms with Crippen molar-refractivity contribution in [2.24, 2.45) is 0 Å². The molecule has 0 saturated carbocycles. The number of benzene rings is 1. The van der Waals surface area contributed by atoms with Gasteiger partial charge in [-0.1, -0.05) is 19.4 Å². The van der Waals surface area contributed by atoms with E-state index in [1.54, 1.807) is 19.9 Å². The molecule has 0 saturated heterocycles. The minimum absolute atomic E-state index is 0.0570. The molecule has 0 bridgehead atoms. The molecule has 24 heavy (non-hydrogen) atoms. The van der Waals surface area contributed by atoms with Gasteiger partial charge in [-0.05, 0) is 37.5 Å². The summed E-state index contributed by atoms with van der Waals surface area (Å²) in [5.74, 6) is -1.16. The molecule has 1 amide bonds. The van der Waals surface area contributed by atoms with Gasteiger partial charge in [-0.25, -0.2) is 13.1 Å². The average Bonchev–Trinajstić information content (AvgIpc) is 2.50. The molecular formula is C16H24N2O5S. The number of carboxylic acid groups (broad SMARTS) is 1. The Morgan fingerprint density at radius 3 is 2.50 bits per heavy atom. The molecular weight excluding hydrogens is 332 g/mol. The second kappa shape index (κ2) is 9.39. The Hall–Kier alpha value is -1.93. The Balaban J connectivity index is 2.65. The van der Waals surface area contributed by atoms with E-state index in [2.05, 4.69) is 10.0 Å². The molecule has 0 aliphatic rings. The highest BCUT2D eigenvalue weighted by Crippen LogP contribution is 2.15. The molecule has 0 heterocycles. The first-order chi connectivity index (χ1) is 11.3. The van der Waals surface area contributed by atoms with Gasteiger partial charge in [0.2, 0.25) is 10.0 Å². The predicted octanol–water partition coefficient (Wildman–Crippen LogP) is 1.67. The van der Waals surface area contributed by atoms with Crippen LogP contribution in [-0.2, 0) is 14.8 Å². The molecule has 0 fully saturated rings. The van der Waals surface area contributed by atoms with Crippen LogP contribution in [0.25, 0.3) is 0 Å². The predicted molar refractivity (Wildman–Crippen MR) is 90.5 cm³/mol. The Bertz CT molecular complexity index is 686. The minimum atomic E-state index is -3.61. The minimum Gasteiger partial charge on any atom is -0.481 e. The molecule has 1 aromatic carbocycles. The molecule has 0 aromatic heterocycles. The van der Waals surface area contributed by atoms with E-state index in [4.69, 9.17) is 5.11 Å². The summed E-state index contributed by atoms with van der Waals surface area (Å²) >= 11 is 0. The molecule has 134 valence electrons. The van der Waals surface area contributed by atoms with E-state index in [-0.39, 0.29) is 23.8 Å². The van der Waals surface area contributed by atoms with E-state index in [0.717, 1.165) is 0 Å². The van der Waals surface area contributed by atoms with Crippen molar-refractivity contribution in [1.82, 2.24) is 10.0 Å². The van der Waals surface area contributed by atoms with Gasteiger partial charge in [0.25, 0.3) is 5.91 Å². The zero-order valence-electron chi connectivity index (χ0n) is 14.0. The van der Waals surface area contributed by atoms with Crippen molar-refractivity contribution >= 4 is 21.9 Å². The highest BCUT2D eigenvalue weighted by molar-refractivity contribution is 7.89. The van der Waals surface area contributed by atoms with Crippen LogP contribution in [0.3, 0.4) is 0 Å². The first-order valence-electron chi connectivity index (χ1n) is 7.88. The Labute approximate surface area is 142 Å². The van der Waals surface area contributed by atoms with Crippen molar-refractivity contribution in [3.05, 3.63) is 29.3 Å². The Kier molecular flexibility index (Phi) is 7.87. The lowest BCUT2D eigenvalue weighted by atomic mass is 10.1. The van der Waals surface area contributed by atoms with Crippen LogP contribution in [0, 0.1) is 6.92 Å². The third-order valence-electron chi connectivity index (χ3n) is 3.45. The standard InChI is InChI=1S/C16H24N2O5S/c1-3-18-24(22,23)13-9-8-12(2)14(11-13)16(21)17-10-6-4-5-7-15(19)20/h8-9,11,18H,3-7,10H2,1-2H3,(H,17,21)(H,19,20). The summed E-state index contributed by atoms with van der Waals surface area (Å²) in [7, 11) is -3.61. The van der Waals surface area contributed by atoms with Crippen LogP contribution in [-0.4, -0.2) is 38.5 Å². The molecule has 1 rings (SSSR count). The monoisotopic (exact) mass is 356 g/mol. The largest absolute Gasteiger partial charge is 0.481 e. The summed E-state index contributed by atoms with van der Waals surface area (Å²) in [5.41, 5.74) is 1.01. The molecule has 0 spiro atoms. The van der Waals surface area contributed by atoms with Gasteiger partial charge in [0, 0.05) is 25.1 Å². The smallest absolute Gasteiger partial charge is 0.303 e. The van der Waals surface area contributed by atoms with Gasteiger partial charge < -0.3 is 10.4 Å². The van der Waals surface area contributed by atoms with E-state index in [9.17, 15) is 18.0 Å². The molecule has 0 radical (unpaired) electrons. The highest BCUT2D eigenvalue weighted by atomic mass is 32.2. The second-order valence-corrected chi connectivity index (χ2v) is 7.21.